The van der Waals surface area contributed by atoms with Crippen LogP contribution in [0.15, 0.2) is 0 Å². The Morgan fingerprint density at radius 2 is 1.87 bits per heavy atom. The van der Waals surface area contributed by atoms with Crippen molar-refractivity contribution < 1.29 is 5.11 Å². The molecule has 2 aliphatic rings. The van der Waals surface area contributed by atoms with Crippen molar-refractivity contribution >= 4 is 0 Å². The lowest BCUT2D eigenvalue weighted by atomic mass is 9.57. The highest BCUT2D eigenvalue weighted by Crippen LogP contribution is 2.50. The number of rotatable bonds is 3. The molecule has 0 bridgehead atoms. The van der Waals surface area contributed by atoms with Crippen LogP contribution in [0.1, 0.15) is 25.7 Å². The summed E-state index contributed by atoms with van der Waals surface area (Å²) < 4.78 is 0. The molecule has 0 atom stereocenters. The highest BCUT2D eigenvalue weighted by molar-refractivity contribution is 4.97. The number of aliphatic hydroxyl groups is 1. The van der Waals surface area contributed by atoms with E-state index in [2.05, 4.69) is 11.9 Å². The summed E-state index contributed by atoms with van der Waals surface area (Å²) in [5.74, 6) is 1.74. The fraction of sp³-hybridized carbons (Fsp3) is 1.00. The van der Waals surface area contributed by atoms with Crippen LogP contribution >= 0.6 is 0 Å². The number of aliphatic hydroxyl groups excluding tert-OH is 1. The quantitative estimate of drug-likeness (QED) is 0.723. The molecule has 1 heterocycles. The molecule has 1 aliphatic carbocycles. The minimum atomic E-state index is 0.0913. The first kappa shape index (κ1) is 11.4. The summed E-state index contributed by atoms with van der Waals surface area (Å²) in [5, 5.41) is 9.31. The molecule has 3 nitrogen and oxygen atoms in total. The molecular formula is C12H24N2O. The average Bonchev–Trinajstić information content (AvgIpc) is 2.20. The molecule has 15 heavy (non-hydrogen) atoms. The number of nitrogens with two attached hydrogens (primary N) is 1. The van der Waals surface area contributed by atoms with Crippen molar-refractivity contribution in [3.63, 3.8) is 0 Å². The van der Waals surface area contributed by atoms with Gasteiger partial charge in [0.1, 0.15) is 0 Å². The van der Waals surface area contributed by atoms with Crippen LogP contribution in [-0.2, 0) is 0 Å². The van der Waals surface area contributed by atoms with E-state index in [0.717, 1.165) is 24.7 Å². The molecule has 2 rings (SSSR count). The van der Waals surface area contributed by atoms with Crippen LogP contribution in [0.3, 0.4) is 0 Å². The summed E-state index contributed by atoms with van der Waals surface area (Å²) in [6, 6.07) is 0. The lowest BCUT2D eigenvalue weighted by Gasteiger charge is -2.50. The van der Waals surface area contributed by atoms with E-state index in [1.165, 1.54) is 25.9 Å². The molecule has 3 heteroatoms. The maximum atomic E-state index is 9.31. The predicted molar refractivity (Wildman–Crippen MR) is 61.5 cm³/mol. The fourth-order valence-corrected chi connectivity index (χ4v) is 3.25. The zero-order chi connectivity index (χ0) is 10.9. The maximum Gasteiger partial charge on any atom is 0.0499 e. The summed E-state index contributed by atoms with van der Waals surface area (Å²) in [4.78, 5) is 2.41. The molecule has 1 saturated heterocycles. The van der Waals surface area contributed by atoms with Crippen molar-refractivity contribution in [1.29, 1.82) is 0 Å². The van der Waals surface area contributed by atoms with Gasteiger partial charge >= 0.3 is 0 Å². The largest absolute Gasteiger partial charge is 0.396 e. The van der Waals surface area contributed by atoms with Gasteiger partial charge in [-0.25, -0.2) is 0 Å². The van der Waals surface area contributed by atoms with Gasteiger partial charge in [0.25, 0.3) is 0 Å². The molecule has 2 fully saturated rings. The van der Waals surface area contributed by atoms with Crippen LogP contribution in [-0.4, -0.2) is 43.3 Å². The Morgan fingerprint density at radius 3 is 2.33 bits per heavy atom. The van der Waals surface area contributed by atoms with Crippen molar-refractivity contribution in [3.05, 3.63) is 0 Å². The molecule has 88 valence electrons. The number of hydrogen-bond acceptors (Lipinski definition) is 3. The van der Waals surface area contributed by atoms with E-state index < -0.39 is 0 Å². The summed E-state index contributed by atoms with van der Waals surface area (Å²) in [6.07, 6.45) is 5.00. The number of likely N-dealkylation sites (tertiary alicyclic amines) is 1. The second-order valence-electron chi connectivity index (χ2n) is 5.67. The smallest absolute Gasteiger partial charge is 0.0499 e. The van der Waals surface area contributed by atoms with Crippen LogP contribution in [0.2, 0.25) is 0 Å². The summed E-state index contributed by atoms with van der Waals surface area (Å²) in [5.41, 5.74) is 5.82. The Labute approximate surface area is 92.6 Å². The van der Waals surface area contributed by atoms with Gasteiger partial charge in [0, 0.05) is 18.6 Å². The van der Waals surface area contributed by atoms with Gasteiger partial charge in [-0.1, -0.05) is 0 Å². The van der Waals surface area contributed by atoms with Crippen LogP contribution in [0.5, 0.6) is 0 Å². The van der Waals surface area contributed by atoms with Gasteiger partial charge in [-0.15, -0.1) is 0 Å². The summed E-state index contributed by atoms with van der Waals surface area (Å²) in [6.45, 7) is 3.44. The molecule has 0 aromatic heterocycles. The highest BCUT2D eigenvalue weighted by atomic mass is 16.3. The Balaban J connectivity index is 1.79. The third-order valence-corrected chi connectivity index (χ3v) is 4.59. The average molecular weight is 212 g/mol. The second-order valence-corrected chi connectivity index (χ2v) is 5.67. The van der Waals surface area contributed by atoms with Gasteiger partial charge in [0.2, 0.25) is 0 Å². The van der Waals surface area contributed by atoms with E-state index in [4.69, 9.17) is 5.73 Å². The van der Waals surface area contributed by atoms with Gasteiger partial charge < -0.3 is 15.7 Å². The minimum absolute atomic E-state index is 0.0913. The van der Waals surface area contributed by atoms with Crippen molar-refractivity contribution in [2.75, 3.05) is 33.3 Å². The molecule has 0 radical (unpaired) electrons. The van der Waals surface area contributed by atoms with Gasteiger partial charge in [0.15, 0.2) is 0 Å². The lowest BCUT2D eigenvalue weighted by molar-refractivity contribution is -0.0352. The molecule has 1 saturated carbocycles. The molecule has 0 aromatic carbocycles. The summed E-state index contributed by atoms with van der Waals surface area (Å²) in [7, 11) is 2.20. The van der Waals surface area contributed by atoms with E-state index in [-0.39, 0.29) is 12.0 Å². The number of piperidine rings is 1. The van der Waals surface area contributed by atoms with Gasteiger partial charge in [0.05, 0.1) is 0 Å². The first-order valence-corrected chi connectivity index (χ1v) is 6.18. The Hall–Kier alpha value is -0.120. The van der Waals surface area contributed by atoms with E-state index in [0.29, 0.717) is 6.54 Å². The molecule has 1 aliphatic heterocycles. The van der Waals surface area contributed by atoms with Crippen molar-refractivity contribution in [2.24, 2.45) is 23.0 Å². The van der Waals surface area contributed by atoms with E-state index >= 15 is 0 Å². The molecule has 0 amide bonds. The molecule has 3 N–H and O–H groups in total. The van der Waals surface area contributed by atoms with Crippen LogP contribution in [0, 0.1) is 17.3 Å². The normalized spacial score (nSPS) is 39.0. The molecular weight excluding hydrogens is 188 g/mol. The first-order chi connectivity index (χ1) is 7.19. The van der Waals surface area contributed by atoms with E-state index in [1.54, 1.807) is 0 Å². The standard InChI is InChI=1S/C12H24N2O/c1-14-4-2-10(3-5-14)11-6-12(7-11,8-13)9-15/h10-11,15H,2-9,13H2,1H3. The molecule has 0 unspecified atom stereocenters. The predicted octanol–water partition coefficient (Wildman–Crippen LogP) is 0.676. The van der Waals surface area contributed by atoms with Crippen molar-refractivity contribution in [3.8, 4) is 0 Å². The van der Waals surface area contributed by atoms with Crippen molar-refractivity contribution in [1.82, 2.24) is 4.90 Å². The number of nitrogens with zero attached hydrogens (tertiary/aromatic N) is 1. The summed E-state index contributed by atoms with van der Waals surface area (Å²) >= 11 is 0. The van der Waals surface area contributed by atoms with Crippen molar-refractivity contribution in [2.45, 2.75) is 25.7 Å². The number of hydrogen-bond donors (Lipinski definition) is 2. The zero-order valence-electron chi connectivity index (χ0n) is 9.78. The van der Waals surface area contributed by atoms with Crippen LogP contribution in [0.25, 0.3) is 0 Å². The zero-order valence-corrected chi connectivity index (χ0v) is 9.78. The topological polar surface area (TPSA) is 49.5 Å². The van der Waals surface area contributed by atoms with Gasteiger partial charge in [-0.3, -0.25) is 0 Å². The Kier molecular flexibility index (Phi) is 3.33. The Morgan fingerprint density at radius 1 is 1.27 bits per heavy atom. The monoisotopic (exact) mass is 212 g/mol. The lowest BCUT2D eigenvalue weighted by Crippen LogP contribution is -2.49. The third kappa shape index (κ3) is 2.19. The van der Waals surface area contributed by atoms with Gasteiger partial charge in [-0.05, 0) is 57.7 Å². The van der Waals surface area contributed by atoms with E-state index in [1.807, 2.05) is 0 Å². The highest BCUT2D eigenvalue weighted by Gasteiger charge is 2.45. The van der Waals surface area contributed by atoms with Gasteiger partial charge in [-0.2, -0.15) is 0 Å². The first-order valence-electron chi connectivity index (χ1n) is 6.18. The van der Waals surface area contributed by atoms with E-state index in [9.17, 15) is 5.11 Å². The SMILES string of the molecule is CN1CCC(C2CC(CN)(CO)C2)CC1. The fourth-order valence-electron chi connectivity index (χ4n) is 3.25. The Bertz CT molecular complexity index is 200. The second kappa shape index (κ2) is 4.40. The van der Waals surface area contributed by atoms with Crippen LogP contribution < -0.4 is 5.73 Å². The molecule has 0 aromatic rings. The third-order valence-electron chi connectivity index (χ3n) is 4.59. The maximum absolute atomic E-state index is 9.31. The minimum Gasteiger partial charge on any atom is -0.396 e. The van der Waals surface area contributed by atoms with Crippen LogP contribution in [0.4, 0.5) is 0 Å². The molecule has 0 spiro atoms.